The van der Waals surface area contributed by atoms with Crippen LogP contribution in [-0.4, -0.2) is 58.4 Å². The van der Waals surface area contributed by atoms with E-state index in [-0.39, 0.29) is 11.7 Å². The molecule has 3 rings (SSSR count). The Morgan fingerprint density at radius 1 is 1.09 bits per heavy atom. The zero-order chi connectivity index (χ0) is 16.1. The summed E-state index contributed by atoms with van der Waals surface area (Å²) < 4.78 is 12.9. The molecule has 1 aliphatic rings. The van der Waals surface area contributed by atoms with Crippen molar-refractivity contribution in [3.05, 3.63) is 59.9 Å². The van der Waals surface area contributed by atoms with Gasteiger partial charge in [0.05, 0.1) is 6.20 Å². The van der Waals surface area contributed by atoms with Crippen molar-refractivity contribution in [2.24, 2.45) is 0 Å². The maximum Gasteiger partial charge on any atom is 0.274 e. The third-order valence-electron chi connectivity index (χ3n) is 4.07. The number of amides is 1. The number of piperazine rings is 1. The Kier molecular flexibility index (Phi) is 4.92. The molecule has 23 heavy (non-hydrogen) atoms. The molecule has 1 aromatic heterocycles. The Morgan fingerprint density at radius 3 is 2.48 bits per heavy atom. The minimum Gasteiger partial charge on any atom is -0.335 e. The van der Waals surface area contributed by atoms with Gasteiger partial charge in [0.25, 0.3) is 5.91 Å². The third-order valence-corrected chi connectivity index (χ3v) is 4.07. The number of benzene rings is 1. The Morgan fingerprint density at radius 2 is 1.83 bits per heavy atom. The Balaban J connectivity index is 1.47. The van der Waals surface area contributed by atoms with Crippen molar-refractivity contribution in [2.75, 3.05) is 32.7 Å². The fourth-order valence-electron chi connectivity index (χ4n) is 2.68. The molecule has 2 heterocycles. The topological polar surface area (TPSA) is 49.3 Å². The number of hydrogen-bond acceptors (Lipinski definition) is 4. The molecule has 0 atom stereocenters. The van der Waals surface area contributed by atoms with E-state index < -0.39 is 0 Å². The van der Waals surface area contributed by atoms with Gasteiger partial charge in [-0.25, -0.2) is 9.37 Å². The molecule has 0 spiro atoms. The molecule has 0 bridgehead atoms. The number of halogens is 1. The average molecular weight is 314 g/mol. The van der Waals surface area contributed by atoms with Crippen LogP contribution in [0.15, 0.2) is 42.9 Å². The van der Waals surface area contributed by atoms with Crippen molar-refractivity contribution >= 4 is 5.91 Å². The largest absolute Gasteiger partial charge is 0.335 e. The predicted octanol–water partition coefficient (Wildman–Crippen LogP) is 1.62. The van der Waals surface area contributed by atoms with Crippen LogP contribution in [0.2, 0.25) is 0 Å². The molecule has 0 unspecified atom stereocenters. The van der Waals surface area contributed by atoms with Crippen molar-refractivity contribution in [2.45, 2.75) is 6.42 Å². The average Bonchev–Trinajstić information content (AvgIpc) is 2.62. The summed E-state index contributed by atoms with van der Waals surface area (Å²) in [6.45, 7) is 3.98. The molecule has 5 nitrogen and oxygen atoms in total. The minimum absolute atomic E-state index is 0.0590. The molecule has 0 radical (unpaired) electrons. The smallest absolute Gasteiger partial charge is 0.274 e. The summed E-state index contributed by atoms with van der Waals surface area (Å²) in [6.07, 6.45) is 5.48. The van der Waals surface area contributed by atoms with Gasteiger partial charge >= 0.3 is 0 Å². The molecule has 1 amide bonds. The standard InChI is InChI=1S/C17H19FN4O/c18-15-3-1-14(2-4-15)5-8-21-9-11-22(12-10-21)17(23)16-13-19-6-7-20-16/h1-4,6-7,13H,5,8-12H2. The Bertz CT molecular complexity index is 639. The second kappa shape index (κ2) is 7.28. The van der Waals surface area contributed by atoms with E-state index in [4.69, 9.17) is 0 Å². The first-order valence-electron chi connectivity index (χ1n) is 7.74. The molecule has 2 aromatic rings. The number of aromatic nitrogens is 2. The SMILES string of the molecule is O=C(c1cnccn1)N1CCN(CCc2ccc(F)cc2)CC1. The quantitative estimate of drug-likeness (QED) is 0.860. The van der Waals surface area contributed by atoms with Crippen LogP contribution < -0.4 is 0 Å². The van der Waals surface area contributed by atoms with Crippen molar-refractivity contribution < 1.29 is 9.18 Å². The molecule has 0 N–H and O–H groups in total. The minimum atomic E-state index is -0.204. The second-order valence-corrected chi connectivity index (χ2v) is 5.60. The van der Waals surface area contributed by atoms with E-state index in [9.17, 15) is 9.18 Å². The van der Waals surface area contributed by atoms with Crippen molar-refractivity contribution in [1.82, 2.24) is 19.8 Å². The molecule has 0 aliphatic carbocycles. The normalized spacial score (nSPS) is 15.6. The lowest BCUT2D eigenvalue weighted by Crippen LogP contribution is -2.49. The summed E-state index contributed by atoms with van der Waals surface area (Å²) in [6, 6.07) is 6.63. The van der Waals surface area contributed by atoms with E-state index in [0.717, 1.165) is 31.6 Å². The van der Waals surface area contributed by atoms with Gasteiger partial charge in [0, 0.05) is 45.1 Å². The van der Waals surface area contributed by atoms with Gasteiger partial charge in [0.1, 0.15) is 11.5 Å². The van der Waals surface area contributed by atoms with Crippen LogP contribution in [0.1, 0.15) is 16.1 Å². The molecule has 1 fully saturated rings. The summed E-state index contributed by atoms with van der Waals surface area (Å²) in [5, 5.41) is 0. The highest BCUT2D eigenvalue weighted by atomic mass is 19.1. The first kappa shape index (κ1) is 15.6. The van der Waals surface area contributed by atoms with Gasteiger partial charge in [-0.1, -0.05) is 12.1 Å². The molecule has 1 aliphatic heterocycles. The van der Waals surface area contributed by atoms with Gasteiger partial charge in [0.15, 0.2) is 0 Å². The molecular weight excluding hydrogens is 295 g/mol. The van der Waals surface area contributed by atoms with Gasteiger partial charge in [-0.2, -0.15) is 0 Å². The van der Waals surface area contributed by atoms with E-state index in [0.29, 0.717) is 18.8 Å². The monoisotopic (exact) mass is 314 g/mol. The lowest BCUT2D eigenvalue weighted by atomic mass is 10.1. The van der Waals surface area contributed by atoms with Crippen LogP contribution in [-0.2, 0) is 6.42 Å². The van der Waals surface area contributed by atoms with Gasteiger partial charge in [-0.05, 0) is 24.1 Å². The maximum absolute atomic E-state index is 12.9. The van der Waals surface area contributed by atoms with Crippen LogP contribution in [0.4, 0.5) is 4.39 Å². The van der Waals surface area contributed by atoms with E-state index in [1.807, 2.05) is 17.0 Å². The van der Waals surface area contributed by atoms with E-state index in [1.54, 1.807) is 6.20 Å². The lowest BCUT2D eigenvalue weighted by molar-refractivity contribution is 0.0632. The second-order valence-electron chi connectivity index (χ2n) is 5.60. The van der Waals surface area contributed by atoms with E-state index >= 15 is 0 Å². The van der Waals surface area contributed by atoms with Gasteiger partial charge in [-0.15, -0.1) is 0 Å². The Labute approximate surface area is 134 Å². The third kappa shape index (κ3) is 4.10. The van der Waals surface area contributed by atoms with Crippen molar-refractivity contribution in [3.8, 4) is 0 Å². The first-order valence-corrected chi connectivity index (χ1v) is 7.74. The predicted molar refractivity (Wildman–Crippen MR) is 84.5 cm³/mol. The molecule has 6 heteroatoms. The summed E-state index contributed by atoms with van der Waals surface area (Å²) >= 11 is 0. The molecule has 120 valence electrons. The van der Waals surface area contributed by atoms with Crippen LogP contribution in [0.25, 0.3) is 0 Å². The highest BCUT2D eigenvalue weighted by molar-refractivity contribution is 5.92. The van der Waals surface area contributed by atoms with Gasteiger partial charge in [-0.3, -0.25) is 14.7 Å². The van der Waals surface area contributed by atoms with Crippen LogP contribution >= 0.6 is 0 Å². The van der Waals surface area contributed by atoms with Gasteiger partial charge in [0.2, 0.25) is 0 Å². The number of nitrogens with zero attached hydrogens (tertiary/aromatic N) is 4. The van der Waals surface area contributed by atoms with Crippen molar-refractivity contribution in [3.63, 3.8) is 0 Å². The molecule has 0 saturated carbocycles. The molecule has 1 saturated heterocycles. The summed E-state index contributed by atoms with van der Waals surface area (Å²) in [5.74, 6) is -0.263. The highest BCUT2D eigenvalue weighted by Crippen LogP contribution is 2.09. The highest BCUT2D eigenvalue weighted by Gasteiger charge is 2.22. The number of carbonyl (C=O) groups excluding carboxylic acids is 1. The molecule has 1 aromatic carbocycles. The Hall–Kier alpha value is -2.34. The van der Waals surface area contributed by atoms with E-state index in [1.165, 1.54) is 24.5 Å². The van der Waals surface area contributed by atoms with Crippen molar-refractivity contribution in [1.29, 1.82) is 0 Å². The fraction of sp³-hybridized carbons (Fsp3) is 0.353. The van der Waals surface area contributed by atoms with E-state index in [2.05, 4.69) is 14.9 Å². The molecular formula is C17H19FN4O. The number of rotatable bonds is 4. The van der Waals surface area contributed by atoms with Gasteiger partial charge < -0.3 is 4.90 Å². The van der Waals surface area contributed by atoms with Crippen LogP contribution in [0.5, 0.6) is 0 Å². The number of hydrogen-bond donors (Lipinski definition) is 0. The summed E-state index contributed by atoms with van der Waals surface area (Å²) in [7, 11) is 0. The zero-order valence-electron chi connectivity index (χ0n) is 12.9. The lowest BCUT2D eigenvalue weighted by Gasteiger charge is -2.34. The maximum atomic E-state index is 12.9. The summed E-state index contributed by atoms with van der Waals surface area (Å²) in [5.41, 5.74) is 1.52. The van der Waals surface area contributed by atoms with Crippen LogP contribution in [0, 0.1) is 5.82 Å². The number of carbonyl (C=O) groups is 1. The fourth-order valence-corrected chi connectivity index (χ4v) is 2.68. The first-order chi connectivity index (χ1) is 11.2. The zero-order valence-corrected chi connectivity index (χ0v) is 12.9. The van der Waals surface area contributed by atoms with Crippen LogP contribution in [0.3, 0.4) is 0 Å². The summed E-state index contributed by atoms with van der Waals surface area (Å²) in [4.78, 5) is 24.4.